The number of fused-ring (bicyclic) bond motifs is 2. The lowest BCUT2D eigenvalue weighted by Crippen LogP contribution is -2.30. The average molecular weight is 416 g/mol. The number of benzene rings is 2. The minimum Gasteiger partial charge on any atom is -0.311 e. The molecule has 150 valence electrons. The normalized spacial score (nSPS) is 13.1. The number of thioether (sulfide) groups is 1. The van der Waals surface area contributed by atoms with Gasteiger partial charge < -0.3 is 4.90 Å². The van der Waals surface area contributed by atoms with Gasteiger partial charge in [-0.05, 0) is 44.0 Å². The summed E-state index contributed by atoms with van der Waals surface area (Å²) in [6, 6.07) is 18.1. The second kappa shape index (κ2) is 7.57. The summed E-state index contributed by atoms with van der Waals surface area (Å²) < 4.78 is 1.92. The van der Waals surface area contributed by atoms with E-state index in [-0.39, 0.29) is 5.91 Å². The number of anilines is 1. The Hall–Kier alpha value is -3.19. The van der Waals surface area contributed by atoms with Crippen molar-refractivity contribution in [2.45, 2.75) is 25.3 Å². The lowest BCUT2D eigenvalue weighted by molar-refractivity contribution is -0.116. The first kappa shape index (κ1) is 18.8. The van der Waals surface area contributed by atoms with Crippen molar-refractivity contribution in [3.8, 4) is 5.69 Å². The van der Waals surface area contributed by atoms with Crippen molar-refractivity contribution in [1.29, 1.82) is 0 Å². The molecule has 0 saturated heterocycles. The summed E-state index contributed by atoms with van der Waals surface area (Å²) in [6.07, 6.45) is 0.905. The van der Waals surface area contributed by atoms with Crippen LogP contribution in [0.1, 0.15) is 17.0 Å². The van der Waals surface area contributed by atoms with Gasteiger partial charge in [0.2, 0.25) is 5.91 Å². The molecule has 0 spiro atoms. The monoisotopic (exact) mass is 415 g/mol. The number of hydrogen-bond donors (Lipinski definition) is 0. The van der Waals surface area contributed by atoms with Gasteiger partial charge in [0.1, 0.15) is 10.5 Å². The van der Waals surface area contributed by atoms with Crippen LogP contribution in [0, 0.1) is 13.8 Å². The summed E-state index contributed by atoms with van der Waals surface area (Å²) in [6.45, 7) is 4.72. The number of amides is 1. The highest BCUT2D eigenvalue weighted by molar-refractivity contribution is 8.00. The van der Waals surface area contributed by atoms with Crippen LogP contribution >= 0.6 is 11.8 Å². The van der Waals surface area contributed by atoms with E-state index in [9.17, 15) is 4.79 Å². The SMILES string of the molecule is Cc1nnc(SCC(=O)N2CCc3ccccc32)c2nn(-c3ccccc3)c(C)c12. The zero-order valence-electron chi connectivity index (χ0n) is 16.9. The van der Waals surface area contributed by atoms with Crippen molar-refractivity contribution >= 4 is 34.3 Å². The highest BCUT2D eigenvalue weighted by Gasteiger charge is 2.25. The molecule has 0 aliphatic carbocycles. The van der Waals surface area contributed by atoms with Gasteiger partial charge in [-0.25, -0.2) is 4.68 Å². The van der Waals surface area contributed by atoms with E-state index in [2.05, 4.69) is 16.3 Å². The van der Waals surface area contributed by atoms with Crippen LogP contribution in [-0.2, 0) is 11.2 Å². The van der Waals surface area contributed by atoms with E-state index in [1.165, 1.54) is 17.3 Å². The maximum atomic E-state index is 12.9. The van der Waals surface area contributed by atoms with Crippen LogP contribution in [0.25, 0.3) is 16.6 Å². The minimum absolute atomic E-state index is 0.0830. The Bertz CT molecular complexity index is 1250. The summed E-state index contributed by atoms with van der Waals surface area (Å²) in [5, 5.41) is 15.2. The predicted molar refractivity (Wildman–Crippen MR) is 119 cm³/mol. The number of aryl methyl sites for hydroxylation is 2. The van der Waals surface area contributed by atoms with Gasteiger partial charge in [0.15, 0.2) is 0 Å². The van der Waals surface area contributed by atoms with E-state index >= 15 is 0 Å². The van der Waals surface area contributed by atoms with Gasteiger partial charge in [-0.2, -0.15) is 10.2 Å². The van der Waals surface area contributed by atoms with Crippen LogP contribution < -0.4 is 4.90 Å². The number of hydrogen-bond acceptors (Lipinski definition) is 5. The molecule has 2 aromatic carbocycles. The quantitative estimate of drug-likeness (QED) is 0.469. The Morgan fingerprint density at radius 2 is 1.80 bits per heavy atom. The van der Waals surface area contributed by atoms with Crippen LogP contribution in [-0.4, -0.2) is 38.2 Å². The van der Waals surface area contributed by atoms with Gasteiger partial charge in [0, 0.05) is 17.6 Å². The molecular weight excluding hydrogens is 394 g/mol. The number of carbonyl (C=O) groups is 1. The van der Waals surface area contributed by atoms with Crippen LogP contribution in [0.4, 0.5) is 5.69 Å². The van der Waals surface area contributed by atoms with Gasteiger partial charge in [0.05, 0.1) is 22.8 Å². The topological polar surface area (TPSA) is 63.9 Å². The summed E-state index contributed by atoms with van der Waals surface area (Å²) in [5.41, 5.74) is 5.90. The standard InChI is InChI=1S/C23H21N5OS/c1-15-21-16(2)28(18-9-4-3-5-10-18)26-22(21)23(25-24-15)30-14-20(29)27-13-12-17-8-6-7-11-19(17)27/h3-11H,12-14H2,1-2H3. The maximum Gasteiger partial charge on any atom is 0.237 e. The van der Waals surface area contributed by atoms with E-state index in [4.69, 9.17) is 5.10 Å². The Labute approximate surface area is 178 Å². The number of carbonyl (C=O) groups excluding carboxylic acids is 1. The van der Waals surface area contributed by atoms with Gasteiger partial charge in [-0.1, -0.05) is 48.2 Å². The van der Waals surface area contributed by atoms with Gasteiger partial charge in [0.25, 0.3) is 0 Å². The largest absolute Gasteiger partial charge is 0.311 e. The van der Waals surface area contributed by atoms with E-state index in [1.54, 1.807) is 0 Å². The Kier molecular flexibility index (Phi) is 4.75. The van der Waals surface area contributed by atoms with E-state index in [0.29, 0.717) is 10.8 Å². The molecule has 1 amide bonds. The zero-order chi connectivity index (χ0) is 20.7. The zero-order valence-corrected chi connectivity index (χ0v) is 17.7. The summed E-state index contributed by atoms with van der Waals surface area (Å²) in [4.78, 5) is 14.8. The summed E-state index contributed by atoms with van der Waals surface area (Å²) in [5.74, 6) is 0.387. The highest BCUT2D eigenvalue weighted by atomic mass is 32.2. The molecule has 0 saturated carbocycles. The van der Waals surface area contributed by atoms with Crippen molar-refractivity contribution < 1.29 is 4.79 Å². The van der Waals surface area contributed by atoms with Crippen LogP contribution in [0.15, 0.2) is 59.6 Å². The number of nitrogens with zero attached hydrogens (tertiary/aromatic N) is 5. The Morgan fingerprint density at radius 3 is 2.63 bits per heavy atom. The van der Waals surface area contributed by atoms with Crippen LogP contribution in [0.3, 0.4) is 0 Å². The molecule has 0 bridgehead atoms. The van der Waals surface area contributed by atoms with Crippen molar-refractivity contribution in [3.63, 3.8) is 0 Å². The molecule has 0 fully saturated rings. The fraction of sp³-hybridized carbons (Fsp3) is 0.217. The molecule has 2 aromatic heterocycles. The molecule has 1 aliphatic rings. The van der Waals surface area contributed by atoms with Crippen molar-refractivity contribution in [2.75, 3.05) is 17.2 Å². The third-order valence-corrected chi connectivity index (χ3v) is 6.43. The first-order valence-electron chi connectivity index (χ1n) is 9.92. The van der Waals surface area contributed by atoms with Crippen LogP contribution in [0.2, 0.25) is 0 Å². The fourth-order valence-electron chi connectivity index (χ4n) is 4.03. The molecule has 6 nitrogen and oxygen atoms in total. The van der Waals surface area contributed by atoms with Crippen molar-refractivity contribution in [2.24, 2.45) is 0 Å². The molecule has 0 N–H and O–H groups in total. The Morgan fingerprint density at radius 1 is 1.03 bits per heavy atom. The van der Waals surface area contributed by atoms with E-state index < -0.39 is 0 Å². The number of aromatic nitrogens is 4. The van der Waals surface area contributed by atoms with E-state index in [1.807, 2.05) is 72.0 Å². The number of rotatable bonds is 4. The van der Waals surface area contributed by atoms with E-state index in [0.717, 1.165) is 46.6 Å². The molecule has 0 atom stereocenters. The first-order chi connectivity index (χ1) is 14.6. The molecule has 0 radical (unpaired) electrons. The highest BCUT2D eigenvalue weighted by Crippen LogP contribution is 2.32. The lowest BCUT2D eigenvalue weighted by Gasteiger charge is -2.16. The summed E-state index contributed by atoms with van der Waals surface area (Å²) in [7, 11) is 0. The van der Waals surface area contributed by atoms with Crippen molar-refractivity contribution in [1.82, 2.24) is 20.0 Å². The second-order valence-corrected chi connectivity index (χ2v) is 8.32. The minimum atomic E-state index is 0.0830. The van der Waals surface area contributed by atoms with Crippen molar-refractivity contribution in [3.05, 3.63) is 71.5 Å². The maximum absolute atomic E-state index is 12.9. The van der Waals surface area contributed by atoms with Gasteiger partial charge in [-0.3, -0.25) is 4.79 Å². The first-order valence-corrected chi connectivity index (χ1v) is 10.9. The smallest absolute Gasteiger partial charge is 0.237 e. The summed E-state index contributed by atoms with van der Waals surface area (Å²) >= 11 is 1.40. The number of para-hydroxylation sites is 2. The third kappa shape index (κ3) is 3.15. The average Bonchev–Trinajstić information content (AvgIpc) is 3.36. The molecule has 0 unspecified atom stereocenters. The molecule has 5 rings (SSSR count). The molecular formula is C23H21N5OS. The molecule has 3 heterocycles. The molecule has 7 heteroatoms. The van der Waals surface area contributed by atoms with Gasteiger partial charge in [-0.15, -0.1) is 5.10 Å². The lowest BCUT2D eigenvalue weighted by atomic mass is 10.2. The molecule has 30 heavy (non-hydrogen) atoms. The van der Waals surface area contributed by atoms with Gasteiger partial charge >= 0.3 is 0 Å². The molecule has 4 aromatic rings. The fourth-order valence-corrected chi connectivity index (χ4v) is 4.82. The predicted octanol–water partition coefficient (Wildman–Crippen LogP) is 4.11. The third-order valence-electron chi connectivity index (χ3n) is 5.49. The Balaban J connectivity index is 1.44. The van der Waals surface area contributed by atoms with Crippen LogP contribution in [0.5, 0.6) is 0 Å². The molecule has 1 aliphatic heterocycles. The second-order valence-electron chi connectivity index (χ2n) is 7.36.